The largest absolute Gasteiger partial charge is 0.457 e. The molecule has 0 unspecified atom stereocenters. The van der Waals surface area contributed by atoms with Crippen molar-refractivity contribution in [2.75, 3.05) is 0 Å². The van der Waals surface area contributed by atoms with Gasteiger partial charge in [0.1, 0.15) is 11.5 Å². The van der Waals surface area contributed by atoms with E-state index in [9.17, 15) is 0 Å². The molecule has 0 saturated heterocycles. The number of nitrogens with two attached hydrogens (primary N) is 1. The van der Waals surface area contributed by atoms with Gasteiger partial charge in [0, 0.05) is 21.6 Å². The lowest BCUT2D eigenvalue weighted by Crippen LogP contribution is -1.99. The maximum atomic E-state index is 5.98. The summed E-state index contributed by atoms with van der Waals surface area (Å²) in [6, 6.07) is 17.6. The Morgan fingerprint density at radius 2 is 1.71 bits per heavy atom. The van der Waals surface area contributed by atoms with Gasteiger partial charge in [-0.25, -0.2) is 0 Å². The van der Waals surface area contributed by atoms with E-state index in [1.165, 1.54) is 0 Å². The first-order chi connectivity index (χ1) is 10.2. The molecule has 106 valence electrons. The third kappa shape index (κ3) is 3.21. The second-order valence-electron chi connectivity index (χ2n) is 4.71. The van der Waals surface area contributed by atoms with Gasteiger partial charge in [0.25, 0.3) is 0 Å². The minimum atomic E-state index is 0.385. The van der Waals surface area contributed by atoms with Crippen LogP contribution in [0.5, 0.6) is 11.5 Å². The molecule has 2 N–H and O–H groups in total. The number of halogens is 2. The van der Waals surface area contributed by atoms with Crippen LogP contribution in [0.2, 0.25) is 5.02 Å². The lowest BCUT2D eigenvalue weighted by Gasteiger charge is -2.11. The van der Waals surface area contributed by atoms with Crippen molar-refractivity contribution in [1.82, 2.24) is 0 Å². The van der Waals surface area contributed by atoms with Crippen LogP contribution >= 0.6 is 27.5 Å². The molecule has 0 heterocycles. The Bertz CT molecular complexity index is 804. The Kier molecular flexibility index (Phi) is 4.15. The number of ether oxygens (including phenoxy) is 1. The van der Waals surface area contributed by atoms with Gasteiger partial charge in [-0.1, -0.05) is 39.7 Å². The smallest absolute Gasteiger partial charge is 0.132 e. The zero-order valence-corrected chi connectivity index (χ0v) is 13.5. The first-order valence-electron chi connectivity index (χ1n) is 6.51. The van der Waals surface area contributed by atoms with Crippen molar-refractivity contribution in [1.29, 1.82) is 0 Å². The summed E-state index contributed by atoms with van der Waals surface area (Å²) < 4.78 is 7.01. The average Bonchev–Trinajstić information content (AvgIpc) is 2.49. The van der Waals surface area contributed by atoms with Gasteiger partial charge in [-0.05, 0) is 53.2 Å². The molecule has 3 aromatic carbocycles. The molecule has 0 aromatic heterocycles. The van der Waals surface area contributed by atoms with E-state index in [1.807, 2.05) is 36.4 Å². The SMILES string of the molecule is NCc1cc(Cl)ccc1Oc1ccc2cc(Br)ccc2c1. The van der Waals surface area contributed by atoms with Crippen molar-refractivity contribution in [3.63, 3.8) is 0 Å². The zero-order valence-electron chi connectivity index (χ0n) is 11.1. The van der Waals surface area contributed by atoms with E-state index in [2.05, 4.69) is 28.1 Å². The number of fused-ring (bicyclic) bond motifs is 1. The average molecular weight is 363 g/mol. The van der Waals surface area contributed by atoms with Crippen LogP contribution in [0.4, 0.5) is 0 Å². The molecular formula is C17H13BrClNO. The zero-order chi connectivity index (χ0) is 14.8. The van der Waals surface area contributed by atoms with Crippen LogP contribution < -0.4 is 10.5 Å². The van der Waals surface area contributed by atoms with E-state index < -0.39 is 0 Å². The maximum Gasteiger partial charge on any atom is 0.132 e. The minimum Gasteiger partial charge on any atom is -0.457 e. The molecular weight excluding hydrogens is 350 g/mol. The summed E-state index contributed by atoms with van der Waals surface area (Å²) in [5.74, 6) is 1.51. The molecule has 0 spiro atoms. The summed E-state index contributed by atoms with van der Waals surface area (Å²) in [6.07, 6.45) is 0. The van der Waals surface area contributed by atoms with Crippen molar-refractivity contribution in [3.8, 4) is 11.5 Å². The standard InChI is InChI=1S/C17H13BrClNO/c18-14-3-1-12-9-16(5-2-11(12)7-14)21-17-6-4-15(19)8-13(17)10-20/h1-9H,10,20H2. The molecule has 2 nitrogen and oxygen atoms in total. The van der Waals surface area contributed by atoms with Gasteiger partial charge in [0.05, 0.1) is 0 Å². The van der Waals surface area contributed by atoms with Crippen molar-refractivity contribution < 1.29 is 4.74 Å². The molecule has 0 radical (unpaired) electrons. The van der Waals surface area contributed by atoms with Gasteiger partial charge in [0.2, 0.25) is 0 Å². The summed E-state index contributed by atoms with van der Waals surface area (Å²) in [5.41, 5.74) is 6.62. The molecule has 3 aromatic rings. The monoisotopic (exact) mass is 361 g/mol. The molecule has 0 aliphatic rings. The molecule has 0 atom stereocenters. The van der Waals surface area contributed by atoms with Gasteiger partial charge in [-0.3, -0.25) is 0 Å². The van der Waals surface area contributed by atoms with Gasteiger partial charge < -0.3 is 10.5 Å². The third-order valence-electron chi connectivity index (χ3n) is 3.24. The molecule has 21 heavy (non-hydrogen) atoms. The molecule has 0 amide bonds. The quantitative estimate of drug-likeness (QED) is 0.667. The molecule has 0 fully saturated rings. The second kappa shape index (κ2) is 6.06. The van der Waals surface area contributed by atoms with Crippen LogP contribution in [-0.4, -0.2) is 0 Å². The predicted octanol–water partition coefficient (Wildman–Crippen LogP) is 5.51. The lowest BCUT2D eigenvalue weighted by atomic mass is 10.1. The van der Waals surface area contributed by atoms with Gasteiger partial charge in [-0.2, -0.15) is 0 Å². The summed E-state index contributed by atoms with van der Waals surface area (Å²) in [4.78, 5) is 0. The van der Waals surface area contributed by atoms with Crippen molar-refractivity contribution in [2.45, 2.75) is 6.54 Å². The number of hydrogen-bond acceptors (Lipinski definition) is 2. The fraction of sp³-hybridized carbons (Fsp3) is 0.0588. The van der Waals surface area contributed by atoms with Crippen LogP contribution in [0.25, 0.3) is 10.8 Å². The third-order valence-corrected chi connectivity index (χ3v) is 3.97. The van der Waals surface area contributed by atoms with E-state index in [-0.39, 0.29) is 0 Å². The van der Waals surface area contributed by atoms with Crippen LogP contribution in [0, 0.1) is 0 Å². The Hall–Kier alpha value is -1.55. The number of benzene rings is 3. The van der Waals surface area contributed by atoms with E-state index in [1.54, 1.807) is 6.07 Å². The van der Waals surface area contributed by atoms with Gasteiger partial charge in [-0.15, -0.1) is 0 Å². The summed E-state index contributed by atoms with van der Waals surface area (Å²) in [5, 5.41) is 2.94. The Morgan fingerprint density at radius 1 is 0.952 bits per heavy atom. The lowest BCUT2D eigenvalue weighted by molar-refractivity contribution is 0.477. The molecule has 0 aliphatic carbocycles. The van der Waals surface area contributed by atoms with E-state index >= 15 is 0 Å². The molecule has 0 bridgehead atoms. The minimum absolute atomic E-state index is 0.385. The highest BCUT2D eigenvalue weighted by Gasteiger charge is 2.05. The topological polar surface area (TPSA) is 35.2 Å². The summed E-state index contributed by atoms with van der Waals surface area (Å²) in [6.45, 7) is 0.385. The normalized spacial score (nSPS) is 10.8. The predicted molar refractivity (Wildman–Crippen MR) is 91.1 cm³/mol. The van der Waals surface area contributed by atoms with Crippen LogP contribution in [0.3, 0.4) is 0 Å². The van der Waals surface area contributed by atoms with Gasteiger partial charge >= 0.3 is 0 Å². The fourth-order valence-corrected chi connectivity index (χ4v) is 2.77. The van der Waals surface area contributed by atoms with Crippen molar-refractivity contribution in [2.24, 2.45) is 5.73 Å². The summed E-state index contributed by atoms with van der Waals surface area (Å²) in [7, 11) is 0. The first-order valence-corrected chi connectivity index (χ1v) is 7.68. The molecule has 0 saturated carbocycles. The Labute approximate surface area is 136 Å². The van der Waals surface area contributed by atoms with Crippen LogP contribution in [0.15, 0.2) is 59.1 Å². The van der Waals surface area contributed by atoms with E-state index in [0.29, 0.717) is 11.6 Å². The molecule has 4 heteroatoms. The molecule has 3 rings (SSSR count). The second-order valence-corrected chi connectivity index (χ2v) is 6.06. The Balaban J connectivity index is 1.96. The number of hydrogen-bond donors (Lipinski definition) is 1. The first kappa shape index (κ1) is 14.4. The highest BCUT2D eigenvalue weighted by atomic mass is 79.9. The summed E-state index contributed by atoms with van der Waals surface area (Å²) >= 11 is 9.45. The van der Waals surface area contributed by atoms with Crippen molar-refractivity contribution >= 4 is 38.3 Å². The van der Waals surface area contributed by atoms with Crippen LogP contribution in [0.1, 0.15) is 5.56 Å². The Morgan fingerprint density at radius 3 is 2.52 bits per heavy atom. The van der Waals surface area contributed by atoms with Gasteiger partial charge in [0.15, 0.2) is 0 Å². The highest BCUT2D eigenvalue weighted by molar-refractivity contribution is 9.10. The van der Waals surface area contributed by atoms with Crippen LogP contribution in [-0.2, 0) is 6.54 Å². The fourth-order valence-electron chi connectivity index (χ4n) is 2.19. The maximum absolute atomic E-state index is 5.98. The molecule has 0 aliphatic heterocycles. The van der Waals surface area contributed by atoms with E-state index in [4.69, 9.17) is 22.1 Å². The van der Waals surface area contributed by atoms with Crippen molar-refractivity contribution in [3.05, 3.63) is 69.7 Å². The van der Waals surface area contributed by atoms with E-state index in [0.717, 1.165) is 32.3 Å². The number of rotatable bonds is 3. The highest BCUT2D eigenvalue weighted by Crippen LogP contribution is 2.30.